The van der Waals surface area contributed by atoms with Crippen molar-refractivity contribution in [2.45, 2.75) is 57.0 Å². The summed E-state index contributed by atoms with van der Waals surface area (Å²) in [6.07, 6.45) is 7.22. The van der Waals surface area contributed by atoms with Gasteiger partial charge in [0.25, 0.3) is 5.91 Å². The SMILES string of the molecule is I.NC(=NCc1cccc(N2C(=O)NC3(CCCC3)C2=O)c1)NCC1CCC1. The van der Waals surface area contributed by atoms with Crippen LogP contribution in [0.15, 0.2) is 29.3 Å². The fraction of sp³-hybridized carbons (Fsp3) is 0.550. The molecule has 1 spiro atoms. The van der Waals surface area contributed by atoms with Gasteiger partial charge < -0.3 is 16.4 Å². The summed E-state index contributed by atoms with van der Waals surface area (Å²) in [7, 11) is 0. The van der Waals surface area contributed by atoms with E-state index < -0.39 is 5.54 Å². The minimum Gasteiger partial charge on any atom is -0.370 e. The van der Waals surface area contributed by atoms with Crippen LogP contribution >= 0.6 is 24.0 Å². The van der Waals surface area contributed by atoms with Gasteiger partial charge in [-0.05, 0) is 49.3 Å². The van der Waals surface area contributed by atoms with Gasteiger partial charge in [0.05, 0.1) is 12.2 Å². The minimum atomic E-state index is -0.693. The molecule has 4 rings (SSSR count). The van der Waals surface area contributed by atoms with E-state index in [9.17, 15) is 9.59 Å². The van der Waals surface area contributed by atoms with Gasteiger partial charge in [-0.1, -0.05) is 31.4 Å². The summed E-state index contributed by atoms with van der Waals surface area (Å²) in [6.45, 7) is 1.28. The molecule has 2 aliphatic carbocycles. The van der Waals surface area contributed by atoms with E-state index in [4.69, 9.17) is 5.73 Å². The Kier molecular flexibility index (Phi) is 6.47. The molecule has 1 aliphatic heterocycles. The summed E-state index contributed by atoms with van der Waals surface area (Å²) in [4.78, 5) is 31.0. The van der Waals surface area contributed by atoms with Gasteiger partial charge in [0, 0.05) is 6.54 Å². The highest BCUT2D eigenvalue weighted by Crippen LogP contribution is 2.37. The van der Waals surface area contributed by atoms with Gasteiger partial charge in [0.2, 0.25) is 0 Å². The van der Waals surface area contributed by atoms with Crippen molar-refractivity contribution >= 4 is 47.6 Å². The Balaban J connectivity index is 0.00000225. The Morgan fingerprint density at radius 3 is 2.68 bits per heavy atom. The van der Waals surface area contributed by atoms with E-state index in [1.165, 1.54) is 24.2 Å². The zero-order valence-corrected chi connectivity index (χ0v) is 18.3. The third-order valence-electron chi connectivity index (χ3n) is 6.02. The summed E-state index contributed by atoms with van der Waals surface area (Å²) in [6, 6.07) is 7.07. The van der Waals surface area contributed by atoms with Crippen molar-refractivity contribution in [2.75, 3.05) is 11.4 Å². The molecule has 1 aromatic carbocycles. The molecule has 2 saturated carbocycles. The van der Waals surface area contributed by atoms with E-state index in [0.29, 0.717) is 24.1 Å². The van der Waals surface area contributed by atoms with Gasteiger partial charge in [-0.3, -0.25) is 4.79 Å². The van der Waals surface area contributed by atoms with E-state index in [1.54, 1.807) is 6.07 Å². The molecular formula is C20H28IN5O2. The number of halogens is 1. The standard InChI is InChI=1S/C20H27N5O2.HI/c21-18(22-12-14-5-3-6-14)23-13-15-7-4-8-16(11-15)25-17(26)20(24-19(25)27)9-1-2-10-20;/h4,7-8,11,14H,1-3,5-6,9-10,12-13H2,(H,24,27)(H3,21,22,23);1H. The number of carbonyl (C=O) groups is 2. The normalized spacial score (nSPS) is 21.4. The molecule has 0 unspecified atom stereocenters. The fourth-order valence-corrected chi connectivity index (χ4v) is 4.14. The molecule has 0 radical (unpaired) electrons. The highest BCUT2D eigenvalue weighted by molar-refractivity contribution is 14.0. The van der Waals surface area contributed by atoms with E-state index in [1.807, 2.05) is 18.2 Å². The van der Waals surface area contributed by atoms with Gasteiger partial charge in [0.1, 0.15) is 5.54 Å². The number of hydrogen-bond donors (Lipinski definition) is 3. The lowest BCUT2D eigenvalue weighted by Gasteiger charge is -2.25. The maximum atomic E-state index is 12.9. The number of hydrogen-bond acceptors (Lipinski definition) is 3. The summed E-state index contributed by atoms with van der Waals surface area (Å²) < 4.78 is 0. The first kappa shape index (κ1) is 20.9. The summed E-state index contributed by atoms with van der Waals surface area (Å²) >= 11 is 0. The maximum absolute atomic E-state index is 12.9. The van der Waals surface area contributed by atoms with Crippen LogP contribution in [-0.4, -0.2) is 30.0 Å². The number of imide groups is 1. The van der Waals surface area contributed by atoms with Crippen molar-refractivity contribution < 1.29 is 9.59 Å². The van der Waals surface area contributed by atoms with Crippen LogP contribution < -0.4 is 21.3 Å². The molecule has 4 N–H and O–H groups in total. The number of benzene rings is 1. The zero-order chi connectivity index (χ0) is 18.9. The van der Waals surface area contributed by atoms with Gasteiger partial charge in [-0.25, -0.2) is 14.7 Å². The fourth-order valence-electron chi connectivity index (χ4n) is 4.14. The second kappa shape index (κ2) is 8.67. The molecule has 1 heterocycles. The predicted octanol–water partition coefficient (Wildman–Crippen LogP) is 2.88. The van der Waals surface area contributed by atoms with Crippen LogP contribution in [0.5, 0.6) is 0 Å². The van der Waals surface area contributed by atoms with Gasteiger partial charge in [-0.2, -0.15) is 0 Å². The molecule has 1 aromatic rings. The lowest BCUT2D eigenvalue weighted by molar-refractivity contribution is -0.121. The van der Waals surface area contributed by atoms with E-state index in [-0.39, 0.29) is 35.9 Å². The van der Waals surface area contributed by atoms with Crippen molar-refractivity contribution in [3.8, 4) is 0 Å². The van der Waals surface area contributed by atoms with Crippen LogP contribution in [0.2, 0.25) is 0 Å². The third-order valence-corrected chi connectivity index (χ3v) is 6.02. The quantitative estimate of drug-likeness (QED) is 0.252. The average molecular weight is 497 g/mol. The molecule has 0 atom stereocenters. The van der Waals surface area contributed by atoms with Crippen LogP contribution in [0.3, 0.4) is 0 Å². The molecular weight excluding hydrogens is 469 g/mol. The first-order chi connectivity index (χ1) is 13.1. The molecule has 0 bridgehead atoms. The molecule has 3 aliphatic rings. The van der Waals surface area contributed by atoms with Crippen molar-refractivity contribution in [2.24, 2.45) is 16.6 Å². The number of aliphatic imine (C=N–C) groups is 1. The lowest BCUT2D eigenvalue weighted by atomic mass is 9.85. The Labute approximate surface area is 182 Å². The van der Waals surface area contributed by atoms with E-state index >= 15 is 0 Å². The molecule has 7 nitrogen and oxygen atoms in total. The van der Waals surface area contributed by atoms with Crippen LogP contribution in [-0.2, 0) is 11.3 Å². The maximum Gasteiger partial charge on any atom is 0.329 e. The number of carbonyl (C=O) groups excluding carboxylic acids is 2. The molecule has 152 valence electrons. The Morgan fingerprint density at radius 2 is 2.00 bits per heavy atom. The highest BCUT2D eigenvalue weighted by Gasteiger charge is 2.52. The smallest absolute Gasteiger partial charge is 0.329 e. The van der Waals surface area contributed by atoms with Crippen molar-refractivity contribution in [3.63, 3.8) is 0 Å². The second-order valence-electron chi connectivity index (χ2n) is 7.91. The second-order valence-corrected chi connectivity index (χ2v) is 7.91. The minimum absolute atomic E-state index is 0. The number of nitrogens with zero attached hydrogens (tertiary/aromatic N) is 2. The number of urea groups is 1. The zero-order valence-electron chi connectivity index (χ0n) is 15.9. The van der Waals surface area contributed by atoms with Crippen molar-refractivity contribution in [1.82, 2.24) is 10.6 Å². The predicted molar refractivity (Wildman–Crippen MR) is 120 cm³/mol. The molecule has 3 fully saturated rings. The first-order valence-electron chi connectivity index (χ1n) is 9.87. The van der Waals surface area contributed by atoms with Crippen LogP contribution in [0, 0.1) is 5.92 Å². The first-order valence-corrected chi connectivity index (χ1v) is 9.87. The summed E-state index contributed by atoms with van der Waals surface area (Å²) in [5, 5.41) is 6.09. The molecule has 1 saturated heterocycles. The number of amides is 3. The highest BCUT2D eigenvalue weighted by atomic mass is 127. The molecule has 0 aromatic heterocycles. The third kappa shape index (κ3) is 4.11. The number of anilines is 1. The molecule has 3 amide bonds. The summed E-state index contributed by atoms with van der Waals surface area (Å²) in [5.41, 5.74) is 6.75. The number of guanidine groups is 1. The Morgan fingerprint density at radius 1 is 1.25 bits per heavy atom. The van der Waals surface area contributed by atoms with Gasteiger partial charge in [-0.15, -0.1) is 24.0 Å². The monoisotopic (exact) mass is 497 g/mol. The summed E-state index contributed by atoms with van der Waals surface area (Å²) in [5.74, 6) is 1.02. The number of rotatable bonds is 5. The number of nitrogens with two attached hydrogens (primary N) is 1. The largest absolute Gasteiger partial charge is 0.370 e. The van der Waals surface area contributed by atoms with Crippen LogP contribution in [0.25, 0.3) is 0 Å². The molecule has 8 heteroatoms. The Bertz CT molecular complexity index is 772. The van der Waals surface area contributed by atoms with Gasteiger partial charge >= 0.3 is 6.03 Å². The van der Waals surface area contributed by atoms with Crippen LogP contribution in [0.1, 0.15) is 50.5 Å². The van der Waals surface area contributed by atoms with E-state index in [0.717, 1.165) is 37.8 Å². The van der Waals surface area contributed by atoms with Crippen molar-refractivity contribution in [3.05, 3.63) is 29.8 Å². The van der Waals surface area contributed by atoms with Crippen LogP contribution in [0.4, 0.5) is 10.5 Å². The van der Waals surface area contributed by atoms with Gasteiger partial charge in [0.15, 0.2) is 5.96 Å². The Hall–Kier alpha value is -1.84. The molecule has 28 heavy (non-hydrogen) atoms. The number of nitrogens with one attached hydrogen (secondary N) is 2. The average Bonchev–Trinajstić information content (AvgIpc) is 3.17. The lowest BCUT2D eigenvalue weighted by Crippen LogP contribution is -2.44. The topological polar surface area (TPSA) is 99.8 Å². The van der Waals surface area contributed by atoms with Crippen molar-refractivity contribution in [1.29, 1.82) is 0 Å². The van der Waals surface area contributed by atoms with E-state index in [2.05, 4.69) is 15.6 Å².